The zero-order chi connectivity index (χ0) is 43.2. The van der Waals surface area contributed by atoms with E-state index in [1.165, 1.54) is 21.9 Å². The molecule has 6 heterocycles. The van der Waals surface area contributed by atoms with Gasteiger partial charge >= 0.3 is 0 Å². The number of hydrogen-bond acceptors (Lipinski definition) is 5. The third kappa shape index (κ3) is 5.74. The van der Waals surface area contributed by atoms with Crippen molar-refractivity contribution in [1.82, 2.24) is 38.6 Å². The number of benzene rings is 7. The van der Waals surface area contributed by atoms with Crippen molar-refractivity contribution in [1.29, 1.82) is 0 Å². The number of aryl methyl sites for hydroxylation is 2. The Hall–Kier alpha value is -8.75. The Morgan fingerprint density at radius 3 is 1.20 bits per heavy atom. The second-order valence-electron chi connectivity index (χ2n) is 16.7. The third-order valence-electron chi connectivity index (χ3n) is 12.7. The van der Waals surface area contributed by atoms with Crippen molar-refractivity contribution in [3.8, 4) is 51.2 Å². The highest BCUT2D eigenvalue weighted by Gasteiger charge is 2.27. The number of nitrogens with zero attached hydrogens (tertiary/aromatic N) is 8. The molecule has 0 atom stereocenters. The zero-order valence-electron chi connectivity index (χ0n) is 35.6. The molecule has 0 aliphatic rings. The fourth-order valence-corrected chi connectivity index (χ4v) is 9.82. The van der Waals surface area contributed by atoms with Gasteiger partial charge in [0.25, 0.3) is 0 Å². The molecule has 0 saturated carbocycles. The minimum Gasteiger partial charge on any atom is -0.305 e. The molecular formula is C57H38N8. The molecule has 0 N–H and O–H groups in total. The minimum absolute atomic E-state index is 0.554. The standard InChI is InChI=1S/C57H38N8/c1-35-25-27-46-42(31-35)43-32-36(2)26-28-47(43)65(46)54-50(63-44-21-11-9-19-40(44)52-48(63)23-13-29-58-52)33-39(34-51(54)64-45-22-12-10-20-41(45)53-49(64)24-14-30-59-53)57-61-55(37-15-5-3-6-16-37)60-56(62-57)38-17-7-4-8-18-38/h3-34H,1-2H3. The highest BCUT2D eigenvalue weighted by atomic mass is 15.1. The molecule has 0 amide bonds. The lowest BCUT2D eigenvalue weighted by atomic mass is 10.1. The average molecular weight is 835 g/mol. The number of hydrogen-bond donors (Lipinski definition) is 0. The van der Waals surface area contributed by atoms with Gasteiger partial charge in [-0.25, -0.2) is 15.0 Å². The van der Waals surface area contributed by atoms with Crippen molar-refractivity contribution in [2.45, 2.75) is 13.8 Å². The van der Waals surface area contributed by atoms with Crippen LogP contribution < -0.4 is 0 Å². The van der Waals surface area contributed by atoms with E-state index in [1.54, 1.807) is 0 Å². The van der Waals surface area contributed by atoms with E-state index in [-0.39, 0.29) is 0 Å². The van der Waals surface area contributed by atoms with E-state index in [2.05, 4.69) is 161 Å². The first-order chi connectivity index (χ1) is 32.1. The first-order valence-corrected chi connectivity index (χ1v) is 21.8. The van der Waals surface area contributed by atoms with Gasteiger partial charge in [0.1, 0.15) is 0 Å². The van der Waals surface area contributed by atoms with Gasteiger partial charge in [-0.15, -0.1) is 0 Å². The van der Waals surface area contributed by atoms with Gasteiger partial charge in [-0.05, 0) is 86.6 Å². The van der Waals surface area contributed by atoms with E-state index >= 15 is 0 Å². The quantitative estimate of drug-likeness (QED) is 0.167. The average Bonchev–Trinajstić information content (AvgIpc) is 3.99. The summed E-state index contributed by atoms with van der Waals surface area (Å²) >= 11 is 0. The van der Waals surface area contributed by atoms with Crippen LogP contribution in [0.2, 0.25) is 0 Å². The Kier molecular flexibility index (Phi) is 8.17. The Morgan fingerprint density at radius 2 is 0.723 bits per heavy atom. The van der Waals surface area contributed by atoms with Crippen LogP contribution in [0, 0.1) is 13.8 Å². The first-order valence-electron chi connectivity index (χ1n) is 21.8. The predicted octanol–water partition coefficient (Wildman–Crippen LogP) is 13.6. The third-order valence-corrected chi connectivity index (χ3v) is 12.7. The van der Waals surface area contributed by atoms with Gasteiger partial charge in [0.2, 0.25) is 0 Å². The number of fused-ring (bicyclic) bond motifs is 9. The summed E-state index contributed by atoms with van der Waals surface area (Å²) in [6.45, 7) is 4.34. The molecule has 13 rings (SSSR count). The van der Waals surface area contributed by atoms with E-state index in [1.807, 2.05) is 60.9 Å². The minimum atomic E-state index is 0.554. The summed E-state index contributed by atoms with van der Waals surface area (Å²) in [7, 11) is 0. The number of aromatic nitrogens is 8. The number of para-hydroxylation sites is 2. The highest BCUT2D eigenvalue weighted by Crippen LogP contribution is 2.44. The fourth-order valence-electron chi connectivity index (χ4n) is 9.82. The van der Waals surface area contributed by atoms with Crippen LogP contribution in [0.5, 0.6) is 0 Å². The van der Waals surface area contributed by atoms with E-state index in [9.17, 15) is 0 Å². The molecule has 0 spiro atoms. The molecule has 8 nitrogen and oxygen atoms in total. The maximum atomic E-state index is 5.33. The fraction of sp³-hybridized carbons (Fsp3) is 0.0351. The molecule has 0 unspecified atom stereocenters. The number of rotatable bonds is 6. The Balaban J connectivity index is 1.27. The Labute approximate surface area is 373 Å². The van der Waals surface area contributed by atoms with Crippen LogP contribution in [0.4, 0.5) is 0 Å². The van der Waals surface area contributed by atoms with Gasteiger partial charge in [0.05, 0.1) is 61.2 Å². The van der Waals surface area contributed by atoms with Crippen molar-refractivity contribution in [2.24, 2.45) is 0 Å². The molecule has 65 heavy (non-hydrogen) atoms. The summed E-state index contributed by atoms with van der Waals surface area (Å²) < 4.78 is 7.22. The Bertz CT molecular complexity index is 3670. The molecular weight excluding hydrogens is 797 g/mol. The van der Waals surface area contributed by atoms with Crippen molar-refractivity contribution in [3.05, 3.63) is 206 Å². The lowest BCUT2D eigenvalue weighted by Crippen LogP contribution is -2.10. The van der Waals surface area contributed by atoms with E-state index in [0.717, 1.165) is 88.7 Å². The van der Waals surface area contributed by atoms with E-state index in [0.29, 0.717) is 17.5 Å². The van der Waals surface area contributed by atoms with Crippen molar-refractivity contribution >= 4 is 65.7 Å². The predicted molar refractivity (Wildman–Crippen MR) is 264 cm³/mol. The maximum absolute atomic E-state index is 5.33. The molecule has 0 aliphatic heterocycles. The van der Waals surface area contributed by atoms with Crippen LogP contribution in [0.1, 0.15) is 11.1 Å². The first kappa shape index (κ1) is 36.9. The molecule has 0 radical (unpaired) electrons. The van der Waals surface area contributed by atoms with Gasteiger partial charge in [0, 0.05) is 50.6 Å². The van der Waals surface area contributed by atoms with Crippen molar-refractivity contribution < 1.29 is 0 Å². The normalized spacial score (nSPS) is 11.8. The monoisotopic (exact) mass is 834 g/mol. The largest absolute Gasteiger partial charge is 0.305 e. The molecule has 13 aromatic rings. The van der Waals surface area contributed by atoms with Gasteiger partial charge in [-0.1, -0.05) is 120 Å². The second-order valence-corrected chi connectivity index (χ2v) is 16.7. The van der Waals surface area contributed by atoms with Crippen LogP contribution in [-0.2, 0) is 0 Å². The summed E-state index contributed by atoms with van der Waals surface area (Å²) in [6, 6.07) is 64.0. The van der Waals surface area contributed by atoms with Gasteiger partial charge in [-0.3, -0.25) is 9.97 Å². The van der Waals surface area contributed by atoms with Crippen LogP contribution in [-0.4, -0.2) is 38.6 Å². The lowest BCUT2D eigenvalue weighted by Gasteiger charge is -2.23. The molecule has 0 fully saturated rings. The topological polar surface area (TPSA) is 79.2 Å². The summed E-state index contributed by atoms with van der Waals surface area (Å²) in [5, 5.41) is 4.51. The van der Waals surface area contributed by atoms with E-state index < -0.39 is 0 Å². The summed E-state index contributed by atoms with van der Waals surface area (Å²) in [5.41, 5.74) is 16.0. The smallest absolute Gasteiger partial charge is 0.164 e. The van der Waals surface area contributed by atoms with Gasteiger partial charge < -0.3 is 13.7 Å². The Morgan fingerprint density at radius 1 is 0.323 bits per heavy atom. The summed E-state index contributed by atoms with van der Waals surface area (Å²) in [6.07, 6.45) is 3.76. The summed E-state index contributed by atoms with van der Waals surface area (Å²) in [4.78, 5) is 25.8. The molecule has 0 bridgehead atoms. The van der Waals surface area contributed by atoms with Crippen molar-refractivity contribution in [2.75, 3.05) is 0 Å². The number of pyridine rings is 2. The van der Waals surface area contributed by atoms with Crippen LogP contribution >= 0.6 is 0 Å². The highest BCUT2D eigenvalue weighted by molar-refractivity contribution is 6.13. The SMILES string of the molecule is Cc1ccc2c(c1)c1cc(C)ccc1n2-c1c(-n2c3ccccc3c3ncccc32)cc(-c2nc(-c3ccccc3)nc(-c3ccccc3)n2)cc1-n1c2ccccc2c2ncccc21. The molecule has 0 aliphatic carbocycles. The van der Waals surface area contributed by atoms with Gasteiger partial charge in [0.15, 0.2) is 17.5 Å². The van der Waals surface area contributed by atoms with E-state index in [4.69, 9.17) is 24.9 Å². The van der Waals surface area contributed by atoms with Gasteiger partial charge in [-0.2, -0.15) is 0 Å². The summed E-state index contributed by atoms with van der Waals surface area (Å²) in [5.74, 6) is 1.74. The van der Waals surface area contributed by atoms with Crippen LogP contribution in [0.3, 0.4) is 0 Å². The zero-order valence-corrected chi connectivity index (χ0v) is 35.6. The maximum Gasteiger partial charge on any atom is 0.164 e. The molecule has 8 heteroatoms. The van der Waals surface area contributed by atoms with Crippen LogP contribution in [0.25, 0.3) is 117 Å². The molecule has 0 saturated heterocycles. The van der Waals surface area contributed by atoms with Crippen molar-refractivity contribution in [3.63, 3.8) is 0 Å². The lowest BCUT2D eigenvalue weighted by molar-refractivity contribution is 1.04. The van der Waals surface area contributed by atoms with Crippen LogP contribution in [0.15, 0.2) is 194 Å². The molecule has 7 aromatic carbocycles. The second kappa shape index (κ2) is 14.4. The molecule has 306 valence electrons. The molecule has 6 aromatic heterocycles.